The molecule has 0 radical (unpaired) electrons. The SMILES string of the molecule is CCCOCc1nc(-c2cccc(N)c2)cs1. The van der Waals surface area contributed by atoms with Gasteiger partial charge in [0.05, 0.1) is 12.3 Å². The summed E-state index contributed by atoms with van der Waals surface area (Å²) in [5.41, 5.74) is 8.54. The number of thiazole rings is 1. The maximum Gasteiger partial charge on any atom is 0.119 e. The van der Waals surface area contributed by atoms with Gasteiger partial charge in [0.2, 0.25) is 0 Å². The largest absolute Gasteiger partial charge is 0.399 e. The van der Waals surface area contributed by atoms with Gasteiger partial charge in [-0.25, -0.2) is 4.98 Å². The van der Waals surface area contributed by atoms with Crippen LogP contribution in [0.4, 0.5) is 5.69 Å². The minimum Gasteiger partial charge on any atom is -0.399 e. The fourth-order valence-electron chi connectivity index (χ4n) is 1.51. The number of hydrogen-bond acceptors (Lipinski definition) is 4. The quantitative estimate of drug-likeness (QED) is 0.652. The summed E-state index contributed by atoms with van der Waals surface area (Å²) in [7, 11) is 0. The number of hydrogen-bond donors (Lipinski definition) is 1. The molecular formula is C13H16N2OS. The average molecular weight is 248 g/mol. The van der Waals surface area contributed by atoms with Crippen LogP contribution in [0.5, 0.6) is 0 Å². The van der Waals surface area contributed by atoms with Crippen molar-refractivity contribution in [2.45, 2.75) is 20.0 Å². The van der Waals surface area contributed by atoms with Crippen LogP contribution in [0.3, 0.4) is 0 Å². The molecule has 90 valence electrons. The first kappa shape index (κ1) is 12.1. The molecule has 0 aliphatic heterocycles. The molecule has 1 aromatic heterocycles. The molecule has 17 heavy (non-hydrogen) atoms. The minimum absolute atomic E-state index is 0.598. The zero-order valence-electron chi connectivity index (χ0n) is 9.85. The molecule has 3 nitrogen and oxygen atoms in total. The lowest BCUT2D eigenvalue weighted by Gasteiger charge is -1.99. The van der Waals surface area contributed by atoms with Crippen LogP contribution in [0.2, 0.25) is 0 Å². The summed E-state index contributed by atoms with van der Waals surface area (Å²) in [6.07, 6.45) is 1.04. The molecule has 0 aliphatic carbocycles. The van der Waals surface area contributed by atoms with Crippen LogP contribution in [0.25, 0.3) is 11.3 Å². The summed E-state index contributed by atoms with van der Waals surface area (Å²) < 4.78 is 5.47. The van der Waals surface area contributed by atoms with Crippen LogP contribution in [0.15, 0.2) is 29.6 Å². The molecule has 0 unspecified atom stereocenters. The number of nitrogens with zero attached hydrogens (tertiary/aromatic N) is 1. The van der Waals surface area contributed by atoms with E-state index in [1.807, 2.05) is 29.6 Å². The van der Waals surface area contributed by atoms with Crippen molar-refractivity contribution in [3.05, 3.63) is 34.7 Å². The second kappa shape index (κ2) is 5.80. The Morgan fingerprint density at radius 2 is 2.29 bits per heavy atom. The Balaban J connectivity index is 2.07. The van der Waals surface area contributed by atoms with Crippen molar-refractivity contribution < 1.29 is 4.74 Å². The molecule has 1 heterocycles. The predicted molar refractivity (Wildman–Crippen MR) is 71.9 cm³/mol. The van der Waals surface area contributed by atoms with Gasteiger partial charge in [0.25, 0.3) is 0 Å². The number of aromatic nitrogens is 1. The molecule has 0 amide bonds. The summed E-state index contributed by atoms with van der Waals surface area (Å²) >= 11 is 1.62. The highest BCUT2D eigenvalue weighted by molar-refractivity contribution is 7.09. The van der Waals surface area contributed by atoms with E-state index in [1.165, 1.54) is 0 Å². The van der Waals surface area contributed by atoms with Gasteiger partial charge in [-0.1, -0.05) is 19.1 Å². The van der Waals surface area contributed by atoms with Crippen molar-refractivity contribution in [1.29, 1.82) is 0 Å². The van der Waals surface area contributed by atoms with E-state index in [4.69, 9.17) is 10.5 Å². The third-order valence-electron chi connectivity index (χ3n) is 2.31. The predicted octanol–water partition coefficient (Wildman–Crippen LogP) is 3.32. The minimum atomic E-state index is 0.598. The number of anilines is 1. The molecule has 0 saturated heterocycles. The van der Waals surface area contributed by atoms with Crippen LogP contribution in [0.1, 0.15) is 18.4 Å². The second-order valence-electron chi connectivity index (χ2n) is 3.80. The summed E-state index contributed by atoms with van der Waals surface area (Å²) in [6.45, 7) is 3.48. The summed E-state index contributed by atoms with van der Waals surface area (Å²) in [5, 5.41) is 3.05. The molecule has 4 heteroatoms. The van der Waals surface area contributed by atoms with E-state index < -0.39 is 0 Å². The molecule has 0 saturated carbocycles. The molecule has 2 N–H and O–H groups in total. The Bertz CT molecular complexity index is 482. The summed E-state index contributed by atoms with van der Waals surface area (Å²) in [6, 6.07) is 7.77. The lowest BCUT2D eigenvalue weighted by molar-refractivity contribution is 0.121. The first-order chi connectivity index (χ1) is 8.29. The zero-order valence-corrected chi connectivity index (χ0v) is 10.7. The molecular weight excluding hydrogens is 232 g/mol. The van der Waals surface area contributed by atoms with Gasteiger partial charge in [0, 0.05) is 23.2 Å². The Morgan fingerprint density at radius 1 is 1.41 bits per heavy atom. The zero-order chi connectivity index (χ0) is 12.1. The van der Waals surface area contributed by atoms with Crippen molar-refractivity contribution in [3.63, 3.8) is 0 Å². The van der Waals surface area contributed by atoms with Crippen LogP contribution in [0, 0.1) is 0 Å². The molecule has 0 fully saturated rings. The number of nitrogens with two attached hydrogens (primary N) is 1. The van der Waals surface area contributed by atoms with Gasteiger partial charge in [-0.05, 0) is 18.6 Å². The number of rotatable bonds is 5. The highest BCUT2D eigenvalue weighted by atomic mass is 32.1. The third kappa shape index (κ3) is 3.28. The van der Waals surface area contributed by atoms with E-state index in [0.717, 1.165) is 35.0 Å². The fraction of sp³-hybridized carbons (Fsp3) is 0.308. The van der Waals surface area contributed by atoms with E-state index in [-0.39, 0.29) is 0 Å². The molecule has 1 aromatic carbocycles. The van der Waals surface area contributed by atoms with Crippen LogP contribution in [-0.2, 0) is 11.3 Å². The Hall–Kier alpha value is -1.39. The van der Waals surface area contributed by atoms with E-state index in [2.05, 4.69) is 11.9 Å². The average Bonchev–Trinajstić information content (AvgIpc) is 2.78. The van der Waals surface area contributed by atoms with Gasteiger partial charge in [-0.2, -0.15) is 0 Å². The van der Waals surface area contributed by atoms with Crippen molar-refractivity contribution in [2.75, 3.05) is 12.3 Å². The molecule has 0 aliphatic rings. The van der Waals surface area contributed by atoms with Crippen molar-refractivity contribution in [1.82, 2.24) is 4.98 Å². The number of nitrogen functional groups attached to an aromatic ring is 1. The fourth-order valence-corrected chi connectivity index (χ4v) is 2.25. The van der Waals surface area contributed by atoms with Gasteiger partial charge < -0.3 is 10.5 Å². The van der Waals surface area contributed by atoms with Gasteiger partial charge in [-0.15, -0.1) is 11.3 Å². The highest BCUT2D eigenvalue weighted by Crippen LogP contribution is 2.23. The number of benzene rings is 1. The first-order valence-corrected chi connectivity index (χ1v) is 6.55. The first-order valence-electron chi connectivity index (χ1n) is 5.67. The lowest BCUT2D eigenvalue weighted by Crippen LogP contribution is -1.93. The molecule has 2 rings (SSSR count). The summed E-state index contributed by atoms with van der Waals surface area (Å²) in [5.74, 6) is 0. The highest BCUT2D eigenvalue weighted by Gasteiger charge is 2.04. The van der Waals surface area contributed by atoms with E-state index in [1.54, 1.807) is 11.3 Å². The Kier molecular flexibility index (Phi) is 4.12. The molecule has 0 bridgehead atoms. The van der Waals surface area contributed by atoms with E-state index >= 15 is 0 Å². The smallest absolute Gasteiger partial charge is 0.119 e. The normalized spacial score (nSPS) is 10.6. The maximum atomic E-state index is 5.75. The topological polar surface area (TPSA) is 48.1 Å². The molecule has 2 aromatic rings. The monoisotopic (exact) mass is 248 g/mol. The Labute approximate surface area is 105 Å². The third-order valence-corrected chi connectivity index (χ3v) is 3.13. The van der Waals surface area contributed by atoms with E-state index in [0.29, 0.717) is 6.61 Å². The second-order valence-corrected chi connectivity index (χ2v) is 4.75. The van der Waals surface area contributed by atoms with Gasteiger partial charge in [0.1, 0.15) is 5.01 Å². The van der Waals surface area contributed by atoms with Crippen molar-refractivity contribution in [3.8, 4) is 11.3 Å². The molecule has 0 spiro atoms. The maximum absolute atomic E-state index is 5.75. The van der Waals surface area contributed by atoms with Crippen molar-refractivity contribution >= 4 is 17.0 Å². The van der Waals surface area contributed by atoms with Gasteiger partial charge in [0.15, 0.2) is 0 Å². The van der Waals surface area contributed by atoms with Gasteiger partial charge in [-0.3, -0.25) is 0 Å². The van der Waals surface area contributed by atoms with E-state index in [9.17, 15) is 0 Å². The van der Waals surface area contributed by atoms with Crippen LogP contribution < -0.4 is 5.73 Å². The van der Waals surface area contributed by atoms with Crippen LogP contribution >= 0.6 is 11.3 Å². The lowest BCUT2D eigenvalue weighted by atomic mass is 10.1. The number of ether oxygens (including phenoxy) is 1. The molecule has 0 atom stereocenters. The van der Waals surface area contributed by atoms with Gasteiger partial charge >= 0.3 is 0 Å². The van der Waals surface area contributed by atoms with Crippen molar-refractivity contribution in [2.24, 2.45) is 0 Å². The summed E-state index contributed by atoms with van der Waals surface area (Å²) in [4.78, 5) is 4.53. The Morgan fingerprint density at radius 3 is 3.06 bits per heavy atom. The van der Waals surface area contributed by atoms with Crippen LogP contribution in [-0.4, -0.2) is 11.6 Å². The standard InChI is InChI=1S/C13H16N2OS/c1-2-6-16-8-13-15-12(9-17-13)10-4-3-5-11(14)7-10/h3-5,7,9H,2,6,8,14H2,1H3.